The van der Waals surface area contributed by atoms with E-state index in [0.29, 0.717) is 5.41 Å². The van der Waals surface area contributed by atoms with Crippen LogP contribution in [0, 0.1) is 5.41 Å². The Morgan fingerprint density at radius 3 is 2.25 bits per heavy atom. The highest BCUT2D eigenvalue weighted by Crippen LogP contribution is 2.14. The van der Waals surface area contributed by atoms with Crippen LogP contribution in [0.1, 0.15) is 27.2 Å². The van der Waals surface area contributed by atoms with E-state index in [9.17, 15) is 0 Å². The van der Waals surface area contributed by atoms with E-state index in [2.05, 4.69) is 39.0 Å². The second-order valence-corrected chi connectivity index (χ2v) is 5.63. The number of rotatable bonds is 5. The summed E-state index contributed by atoms with van der Waals surface area (Å²) < 4.78 is 0. The van der Waals surface area contributed by atoms with Gasteiger partial charge in [-0.3, -0.25) is 0 Å². The number of nitrogens with zero attached hydrogens (tertiary/aromatic N) is 1. The van der Waals surface area contributed by atoms with Crippen molar-refractivity contribution in [3.8, 4) is 0 Å². The lowest BCUT2D eigenvalue weighted by Crippen LogP contribution is -2.30. The van der Waals surface area contributed by atoms with Crippen molar-refractivity contribution in [2.45, 2.75) is 27.2 Å². The van der Waals surface area contributed by atoms with Crippen LogP contribution < -0.4 is 0 Å². The molecule has 0 aromatic carbocycles. The van der Waals surface area contributed by atoms with Crippen molar-refractivity contribution in [3.05, 3.63) is 0 Å². The van der Waals surface area contributed by atoms with Crippen molar-refractivity contribution < 1.29 is 0 Å². The van der Waals surface area contributed by atoms with Crippen LogP contribution in [0.2, 0.25) is 0 Å². The molecule has 0 saturated heterocycles. The molecule has 0 heterocycles. The summed E-state index contributed by atoms with van der Waals surface area (Å²) in [6, 6.07) is 0. The highest BCUT2D eigenvalue weighted by molar-refractivity contribution is 7.98. The van der Waals surface area contributed by atoms with Crippen LogP contribution >= 0.6 is 11.8 Å². The Balaban J connectivity index is 3.40. The molecule has 0 rings (SSSR count). The van der Waals surface area contributed by atoms with Gasteiger partial charge in [0.15, 0.2) is 0 Å². The van der Waals surface area contributed by atoms with Crippen molar-refractivity contribution in [2.75, 3.05) is 32.1 Å². The van der Waals surface area contributed by atoms with E-state index >= 15 is 0 Å². The first-order valence-electron chi connectivity index (χ1n) is 4.63. The molecule has 0 atom stereocenters. The first-order valence-corrected chi connectivity index (χ1v) is 6.02. The fourth-order valence-corrected chi connectivity index (χ4v) is 1.79. The standard InChI is InChI=1S/C10H23NS/c1-10(2,3)9-11(4)7-6-8-12-5/h6-9H2,1-5H3. The van der Waals surface area contributed by atoms with Crippen molar-refractivity contribution in [3.63, 3.8) is 0 Å². The molecule has 0 unspecified atom stereocenters. The molecule has 0 bridgehead atoms. The maximum Gasteiger partial charge on any atom is 0.00270 e. The first kappa shape index (κ1) is 12.3. The fraction of sp³-hybridized carbons (Fsp3) is 1.00. The zero-order chi connectivity index (χ0) is 9.61. The Kier molecular flexibility index (Phi) is 6.02. The van der Waals surface area contributed by atoms with Gasteiger partial charge in [0.25, 0.3) is 0 Å². The van der Waals surface area contributed by atoms with Crippen LogP contribution in [0.15, 0.2) is 0 Å². The monoisotopic (exact) mass is 189 g/mol. The third-order valence-electron chi connectivity index (χ3n) is 1.63. The SMILES string of the molecule is CSCCCN(C)CC(C)(C)C. The van der Waals surface area contributed by atoms with Gasteiger partial charge >= 0.3 is 0 Å². The zero-order valence-corrected chi connectivity index (χ0v) is 10.0. The summed E-state index contributed by atoms with van der Waals surface area (Å²) in [6.45, 7) is 9.30. The molecule has 0 aromatic rings. The van der Waals surface area contributed by atoms with E-state index < -0.39 is 0 Å². The second-order valence-electron chi connectivity index (χ2n) is 4.64. The van der Waals surface area contributed by atoms with Gasteiger partial charge in [-0.25, -0.2) is 0 Å². The van der Waals surface area contributed by atoms with E-state index in [-0.39, 0.29) is 0 Å². The molecule has 0 N–H and O–H groups in total. The molecule has 0 amide bonds. The molecular formula is C10H23NS. The minimum atomic E-state index is 0.439. The normalized spacial score (nSPS) is 12.5. The quantitative estimate of drug-likeness (QED) is 0.612. The van der Waals surface area contributed by atoms with Gasteiger partial charge in [-0.05, 0) is 37.4 Å². The molecule has 2 heteroatoms. The maximum absolute atomic E-state index is 2.43. The van der Waals surface area contributed by atoms with E-state index in [1.54, 1.807) is 0 Å². The lowest BCUT2D eigenvalue weighted by molar-refractivity contribution is 0.228. The molecule has 74 valence electrons. The average Bonchev–Trinajstić information content (AvgIpc) is 1.84. The first-order chi connectivity index (χ1) is 5.45. The number of hydrogen-bond acceptors (Lipinski definition) is 2. The van der Waals surface area contributed by atoms with Crippen LogP contribution in [0.3, 0.4) is 0 Å². The van der Waals surface area contributed by atoms with Gasteiger partial charge in [0.2, 0.25) is 0 Å². The maximum atomic E-state index is 2.43. The van der Waals surface area contributed by atoms with Crippen LogP contribution in [-0.2, 0) is 0 Å². The molecule has 0 saturated carbocycles. The lowest BCUT2D eigenvalue weighted by atomic mass is 9.96. The lowest BCUT2D eigenvalue weighted by Gasteiger charge is -2.26. The van der Waals surface area contributed by atoms with Gasteiger partial charge in [-0.1, -0.05) is 20.8 Å². The van der Waals surface area contributed by atoms with Crippen molar-refractivity contribution >= 4 is 11.8 Å². The Labute approximate surface area is 81.9 Å². The fourth-order valence-electron chi connectivity index (χ4n) is 1.37. The van der Waals surface area contributed by atoms with E-state index in [0.717, 1.165) is 0 Å². The zero-order valence-electron chi connectivity index (χ0n) is 9.18. The molecule has 0 aliphatic heterocycles. The molecule has 0 aromatic heterocycles. The summed E-state index contributed by atoms with van der Waals surface area (Å²) in [5.74, 6) is 1.29. The molecular weight excluding hydrogens is 166 g/mol. The van der Waals surface area contributed by atoms with E-state index in [1.807, 2.05) is 11.8 Å². The Morgan fingerprint density at radius 2 is 1.83 bits per heavy atom. The second kappa shape index (κ2) is 5.87. The van der Waals surface area contributed by atoms with Crippen LogP contribution in [0.25, 0.3) is 0 Å². The summed E-state index contributed by atoms with van der Waals surface area (Å²) in [7, 11) is 2.21. The predicted octanol–water partition coefficient (Wildman–Crippen LogP) is 2.72. The summed E-state index contributed by atoms with van der Waals surface area (Å²) in [4.78, 5) is 2.43. The molecule has 12 heavy (non-hydrogen) atoms. The van der Waals surface area contributed by atoms with Gasteiger partial charge in [0, 0.05) is 6.54 Å². The van der Waals surface area contributed by atoms with Crippen molar-refractivity contribution in [1.29, 1.82) is 0 Å². The van der Waals surface area contributed by atoms with Gasteiger partial charge in [0.05, 0.1) is 0 Å². The summed E-state index contributed by atoms with van der Waals surface area (Å²) >= 11 is 1.93. The Bertz CT molecular complexity index is 107. The highest BCUT2D eigenvalue weighted by Gasteiger charge is 2.12. The molecule has 1 nitrogen and oxygen atoms in total. The van der Waals surface area contributed by atoms with Gasteiger partial charge in [0.1, 0.15) is 0 Å². The van der Waals surface area contributed by atoms with E-state index in [1.165, 1.54) is 25.3 Å². The molecule has 0 fully saturated rings. The summed E-state index contributed by atoms with van der Waals surface area (Å²) in [5, 5.41) is 0. The topological polar surface area (TPSA) is 3.24 Å². The largest absolute Gasteiger partial charge is 0.306 e. The minimum absolute atomic E-state index is 0.439. The van der Waals surface area contributed by atoms with Crippen LogP contribution in [-0.4, -0.2) is 37.0 Å². The molecule has 0 aliphatic carbocycles. The van der Waals surface area contributed by atoms with Crippen molar-refractivity contribution in [1.82, 2.24) is 4.90 Å². The van der Waals surface area contributed by atoms with Crippen LogP contribution in [0.5, 0.6) is 0 Å². The third kappa shape index (κ3) is 8.41. The van der Waals surface area contributed by atoms with E-state index in [4.69, 9.17) is 0 Å². The van der Waals surface area contributed by atoms with Crippen LogP contribution in [0.4, 0.5) is 0 Å². The molecule has 0 spiro atoms. The van der Waals surface area contributed by atoms with Gasteiger partial charge in [-0.2, -0.15) is 11.8 Å². The minimum Gasteiger partial charge on any atom is -0.306 e. The smallest absolute Gasteiger partial charge is 0.00270 e. The summed E-state index contributed by atoms with van der Waals surface area (Å²) in [6.07, 6.45) is 3.48. The molecule has 0 aliphatic rings. The van der Waals surface area contributed by atoms with Gasteiger partial charge < -0.3 is 4.90 Å². The Morgan fingerprint density at radius 1 is 1.25 bits per heavy atom. The van der Waals surface area contributed by atoms with Gasteiger partial charge in [-0.15, -0.1) is 0 Å². The third-order valence-corrected chi connectivity index (χ3v) is 2.33. The predicted molar refractivity (Wildman–Crippen MR) is 60.0 cm³/mol. The summed E-state index contributed by atoms with van der Waals surface area (Å²) in [5.41, 5.74) is 0.439. The average molecular weight is 189 g/mol. The van der Waals surface area contributed by atoms with Crippen molar-refractivity contribution in [2.24, 2.45) is 5.41 Å². The number of hydrogen-bond donors (Lipinski definition) is 0. The Hall–Kier alpha value is 0.310. The highest BCUT2D eigenvalue weighted by atomic mass is 32.2. The molecule has 0 radical (unpaired) electrons. The number of thioether (sulfide) groups is 1.